The molecule has 0 unspecified atom stereocenters. The highest BCUT2D eigenvalue weighted by molar-refractivity contribution is 7.95. The predicted molar refractivity (Wildman–Crippen MR) is 91.4 cm³/mol. The number of rotatable bonds is 6. The molecule has 2 aromatic heterocycles. The highest BCUT2D eigenvalue weighted by Gasteiger charge is 2.34. The van der Waals surface area contributed by atoms with Crippen molar-refractivity contribution in [1.82, 2.24) is 0 Å². The molecule has 0 spiro atoms. The van der Waals surface area contributed by atoms with Crippen molar-refractivity contribution in [1.29, 1.82) is 0 Å². The summed E-state index contributed by atoms with van der Waals surface area (Å²) in [5, 5.41) is -1.60. The molecule has 9 nitrogen and oxygen atoms in total. The molecule has 0 aliphatic heterocycles. The van der Waals surface area contributed by atoms with Crippen LogP contribution >= 0.6 is 0 Å². The van der Waals surface area contributed by atoms with Gasteiger partial charge in [0.25, 0.3) is 15.1 Å². The molecule has 0 bridgehead atoms. The van der Waals surface area contributed by atoms with Gasteiger partial charge < -0.3 is 13.6 Å². The SMILES string of the molecule is COC(=O)c1c(F)ccc(NS(=O)(=O)c2occc2S(=O)(=O)c2ccco2)c1F. The maximum Gasteiger partial charge on any atom is 0.343 e. The number of carbonyl (C=O) groups excluding carboxylic acids is 1. The van der Waals surface area contributed by atoms with E-state index in [1.165, 1.54) is 6.07 Å². The lowest BCUT2D eigenvalue weighted by atomic mass is 10.2. The average molecular weight is 447 g/mol. The number of methoxy groups -OCH3 is 1. The van der Waals surface area contributed by atoms with Gasteiger partial charge in [0.05, 0.1) is 25.3 Å². The van der Waals surface area contributed by atoms with Gasteiger partial charge in [0.2, 0.25) is 14.9 Å². The number of benzene rings is 1. The monoisotopic (exact) mass is 447 g/mol. The first-order valence-corrected chi connectivity index (χ1v) is 10.5. The van der Waals surface area contributed by atoms with Crippen LogP contribution in [0.5, 0.6) is 0 Å². The Hall–Kier alpha value is -3.19. The summed E-state index contributed by atoms with van der Waals surface area (Å²) in [7, 11) is -8.34. The molecular weight excluding hydrogens is 436 g/mol. The second-order valence-corrected chi connectivity index (χ2v) is 8.82. The number of anilines is 1. The first kappa shape index (κ1) is 20.5. The van der Waals surface area contributed by atoms with Crippen molar-refractivity contribution < 1.29 is 44.0 Å². The molecule has 154 valence electrons. The van der Waals surface area contributed by atoms with Crippen LogP contribution in [0.25, 0.3) is 0 Å². The predicted octanol–water partition coefficient (Wildman–Crippen LogP) is 2.57. The fraction of sp³-hybridized carbons (Fsp3) is 0.0625. The Bertz CT molecular complexity index is 1280. The Balaban J connectivity index is 2.06. The third-order valence-electron chi connectivity index (χ3n) is 3.61. The first-order chi connectivity index (χ1) is 13.6. The molecule has 3 aromatic rings. The van der Waals surface area contributed by atoms with Gasteiger partial charge in [-0.1, -0.05) is 0 Å². The number of esters is 1. The van der Waals surface area contributed by atoms with E-state index < -0.39 is 63.8 Å². The quantitative estimate of drug-likeness (QED) is 0.570. The van der Waals surface area contributed by atoms with Gasteiger partial charge in [-0.3, -0.25) is 4.72 Å². The Morgan fingerprint density at radius 1 is 1.03 bits per heavy atom. The number of sulfone groups is 1. The van der Waals surface area contributed by atoms with Crippen molar-refractivity contribution >= 4 is 31.5 Å². The van der Waals surface area contributed by atoms with Gasteiger partial charge in [-0.2, -0.15) is 8.42 Å². The van der Waals surface area contributed by atoms with E-state index in [2.05, 4.69) is 4.74 Å². The standard InChI is InChI=1S/C16H11F2NO8S2/c1-25-15(20)13-9(17)4-5-10(14(13)18)19-29(23,24)16-11(6-8-27-16)28(21,22)12-3-2-7-26-12/h2-8,19H,1H3. The second kappa shape index (κ2) is 7.33. The number of nitrogens with one attached hydrogen (secondary N) is 1. The highest BCUT2D eigenvalue weighted by Crippen LogP contribution is 2.31. The molecule has 0 saturated heterocycles. The van der Waals surface area contributed by atoms with E-state index in [-0.39, 0.29) is 0 Å². The fourth-order valence-corrected chi connectivity index (χ4v) is 5.19. The zero-order valence-corrected chi connectivity index (χ0v) is 16.0. The Morgan fingerprint density at radius 3 is 2.38 bits per heavy atom. The Morgan fingerprint density at radius 2 is 1.76 bits per heavy atom. The van der Waals surface area contributed by atoms with E-state index in [1.807, 2.05) is 0 Å². The van der Waals surface area contributed by atoms with E-state index in [9.17, 15) is 30.4 Å². The minimum atomic E-state index is -4.81. The van der Waals surface area contributed by atoms with Gasteiger partial charge in [-0.25, -0.2) is 22.0 Å². The van der Waals surface area contributed by atoms with E-state index in [1.54, 1.807) is 4.72 Å². The van der Waals surface area contributed by atoms with Crippen molar-refractivity contribution in [3.8, 4) is 0 Å². The lowest BCUT2D eigenvalue weighted by molar-refractivity contribution is 0.0590. The van der Waals surface area contributed by atoms with Gasteiger partial charge in [-0.15, -0.1) is 0 Å². The summed E-state index contributed by atoms with van der Waals surface area (Å²) >= 11 is 0. The van der Waals surface area contributed by atoms with Crippen LogP contribution in [0.15, 0.2) is 66.8 Å². The van der Waals surface area contributed by atoms with Crippen molar-refractivity contribution in [2.24, 2.45) is 0 Å². The summed E-state index contributed by atoms with van der Waals surface area (Å²) in [5.41, 5.74) is -1.96. The third-order valence-corrected chi connectivity index (χ3v) is 6.70. The molecule has 3 rings (SSSR count). The summed E-state index contributed by atoms with van der Waals surface area (Å²) in [4.78, 5) is 10.8. The van der Waals surface area contributed by atoms with E-state index >= 15 is 0 Å². The maximum absolute atomic E-state index is 14.5. The molecule has 29 heavy (non-hydrogen) atoms. The van der Waals surface area contributed by atoms with Crippen molar-refractivity contribution in [3.63, 3.8) is 0 Å². The zero-order valence-electron chi connectivity index (χ0n) is 14.4. The van der Waals surface area contributed by atoms with Gasteiger partial charge in [0.15, 0.2) is 5.82 Å². The first-order valence-electron chi connectivity index (χ1n) is 7.55. The number of ether oxygens (including phenoxy) is 1. The molecule has 1 aromatic carbocycles. The smallest absolute Gasteiger partial charge is 0.343 e. The normalized spacial score (nSPS) is 12.0. The van der Waals surface area contributed by atoms with Gasteiger partial charge in [-0.05, 0) is 30.3 Å². The Kier molecular flexibility index (Phi) is 5.19. The van der Waals surface area contributed by atoms with E-state index in [0.29, 0.717) is 12.1 Å². The molecule has 0 fully saturated rings. The lowest BCUT2D eigenvalue weighted by Crippen LogP contribution is -2.18. The van der Waals surface area contributed by atoms with Crippen molar-refractivity contribution in [2.75, 3.05) is 11.8 Å². The van der Waals surface area contributed by atoms with Crippen LogP contribution in [-0.4, -0.2) is 29.9 Å². The minimum absolute atomic E-state index is 0.545. The average Bonchev–Trinajstić information content (AvgIpc) is 3.36. The molecule has 0 radical (unpaired) electrons. The maximum atomic E-state index is 14.5. The van der Waals surface area contributed by atoms with Crippen LogP contribution in [0.3, 0.4) is 0 Å². The van der Waals surface area contributed by atoms with E-state index in [0.717, 1.165) is 31.8 Å². The van der Waals surface area contributed by atoms with Crippen LogP contribution in [0.2, 0.25) is 0 Å². The second-order valence-electron chi connectivity index (χ2n) is 5.39. The number of carbonyl (C=O) groups is 1. The largest absolute Gasteiger partial charge is 0.465 e. The van der Waals surface area contributed by atoms with Crippen molar-refractivity contribution in [2.45, 2.75) is 15.1 Å². The molecular formula is C16H11F2NO8S2. The molecule has 0 saturated carbocycles. The summed E-state index contributed by atoms with van der Waals surface area (Å²) in [6, 6.07) is 4.58. The van der Waals surface area contributed by atoms with Crippen LogP contribution < -0.4 is 4.72 Å². The minimum Gasteiger partial charge on any atom is -0.465 e. The number of halogens is 2. The van der Waals surface area contributed by atoms with Gasteiger partial charge in [0.1, 0.15) is 16.3 Å². The van der Waals surface area contributed by atoms with E-state index in [4.69, 9.17) is 8.83 Å². The van der Waals surface area contributed by atoms with Crippen LogP contribution in [0, 0.1) is 11.6 Å². The van der Waals surface area contributed by atoms with Gasteiger partial charge in [0, 0.05) is 0 Å². The summed E-state index contributed by atoms with van der Waals surface area (Å²) in [5.74, 6) is -4.21. The summed E-state index contributed by atoms with van der Waals surface area (Å²) in [6.45, 7) is 0. The molecule has 0 aliphatic carbocycles. The molecule has 0 amide bonds. The topological polar surface area (TPSA) is 133 Å². The molecule has 0 aliphatic rings. The molecule has 2 heterocycles. The molecule has 13 heteroatoms. The third kappa shape index (κ3) is 3.61. The summed E-state index contributed by atoms with van der Waals surface area (Å²) in [6.07, 6.45) is 1.87. The van der Waals surface area contributed by atoms with Crippen LogP contribution in [0.4, 0.5) is 14.5 Å². The zero-order chi connectivity index (χ0) is 21.4. The number of hydrogen-bond donors (Lipinski definition) is 1. The number of furan rings is 2. The summed E-state index contributed by atoms with van der Waals surface area (Å²) < 4.78 is 94.1. The molecule has 0 atom stereocenters. The lowest BCUT2D eigenvalue weighted by Gasteiger charge is -2.11. The van der Waals surface area contributed by atoms with Crippen LogP contribution in [-0.2, 0) is 24.6 Å². The Labute approximate surface area is 162 Å². The van der Waals surface area contributed by atoms with Crippen LogP contribution in [0.1, 0.15) is 10.4 Å². The molecule has 1 N–H and O–H groups in total. The number of sulfonamides is 1. The van der Waals surface area contributed by atoms with Crippen molar-refractivity contribution in [3.05, 3.63) is 60.1 Å². The fourth-order valence-electron chi connectivity index (χ4n) is 2.32. The van der Waals surface area contributed by atoms with Gasteiger partial charge >= 0.3 is 5.97 Å². The highest BCUT2D eigenvalue weighted by atomic mass is 32.2. The number of hydrogen-bond acceptors (Lipinski definition) is 8.